The van der Waals surface area contributed by atoms with Crippen LogP contribution >= 0.6 is 0 Å². The monoisotopic (exact) mass is 304 g/mol. The molecule has 1 N–H and O–H groups in total. The Morgan fingerprint density at radius 2 is 1.45 bits per heavy atom. The van der Waals surface area contributed by atoms with Gasteiger partial charge in [0.05, 0.1) is 0 Å². The molecule has 0 unspecified atom stereocenters. The summed E-state index contributed by atoms with van der Waals surface area (Å²) in [5.74, 6) is 0.812. The van der Waals surface area contributed by atoms with Gasteiger partial charge in [0.2, 0.25) is 0 Å². The van der Waals surface area contributed by atoms with Gasteiger partial charge in [0.15, 0.2) is 0 Å². The van der Waals surface area contributed by atoms with E-state index in [1.165, 1.54) is 0 Å². The van der Waals surface area contributed by atoms with Crippen molar-refractivity contribution in [3.8, 4) is 5.75 Å². The summed E-state index contributed by atoms with van der Waals surface area (Å²) in [4.78, 5) is 16.9. The number of amides is 1. The van der Waals surface area contributed by atoms with Gasteiger partial charge < -0.3 is 14.9 Å². The predicted octanol–water partition coefficient (Wildman–Crippen LogP) is 3.03. The summed E-state index contributed by atoms with van der Waals surface area (Å²) in [5, 5.41) is 10.4. The van der Waals surface area contributed by atoms with Crippen molar-refractivity contribution in [3.05, 3.63) is 28.8 Å². The number of carbonyl (C=O) groups is 1. The Bertz CT molecular complexity index is 515. The van der Waals surface area contributed by atoms with Crippen LogP contribution in [0.4, 0.5) is 0 Å². The minimum atomic E-state index is 0.0805. The lowest BCUT2D eigenvalue weighted by Gasteiger charge is -2.32. The first-order valence-corrected chi connectivity index (χ1v) is 8.15. The number of rotatable bonds is 3. The molecule has 1 aliphatic heterocycles. The summed E-state index contributed by atoms with van der Waals surface area (Å²) in [6.45, 7) is 11.5. The molecule has 1 aromatic rings. The van der Waals surface area contributed by atoms with Crippen LogP contribution in [-0.2, 0) is 0 Å². The molecule has 0 saturated carbocycles. The average molecular weight is 304 g/mol. The highest BCUT2D eigenvalue weighted by molar-refractivity contribution is 5.95. The van der Waals surface area contributed by atoms with Crippen LogP contribution in [0.5, 0.6) is 5.75 Å². The maximum absolute atomic E-state index is 12.8. The molecule has 1 amide bonds. The molecule has 1 saturated heterocycles. The van der Waals surface area contributed by atoms with Crippen LogP contribution in [0, 0.1) is 0 Å². The normalized spacial score (nSPS) is 16.6. The molecule has 0 radical (unpaired) electrons. The number of nitrogens with zero attached hydrogens (tertiary/aromatic N) is 2. The largest absolute Gasteiger partial charge is 0.507 e. The van der Waals surface area contributed by atoms with Gasteiger partial charge in [-0.15, -0.1) is 0 Å². The first kappa shape index (κ1) is 16.8. The predicted molar refractivity (Wildman–Crippen MR) is 89.7 cm³/mol. The molecule has 0 atom stereocenters. The van der Waals surface area contributed by atoms with Gasteiger partial charge in [0.25, 0.3) is 5.91 Å². The Labute approximate surface area is 133 Å². The van der Waals surface area contributed by atoms with Crippen molar-refractivity contribution in [1.29, 1.82) is 0 Å². The molecule has 122 valence electrons. The highest BCUT2D eigenvalue weighted by Gasteiger charge is 2.23. The van der Waals surface area contributed by atoms with Gasteiger partial charge in [-0.25, -0.2) is 0 Å². The maximum atomic E-state index is 12.8. The van der Waals surface area contributed by atoms with Crippen LogP contribution in [0.3, 0.4) is 0 Å². The Hall–Kier alpha value is -1.55. The molecule has 1 fully saturated rings. The summed E-state index contributed by atoms with van der Waals surface area (Å²) < 4.78 is 0. The molecule has 1 heterocycles. The number of hydrogen-bond acceptors (Lipinski definition) is 3. The van der Waals surface area contributed by atoms with Crippen LogP contribution in [-0.4, -0.2) is 54.0 Å². The third kappa shape index (κ3) is 3.43. The van der Waals surface area contributed by atoms with Crippen molar-refractivity contribution in [3.63, 3.8) is 0 Å². The quantitative estimate of drug-likeness (QED) is 0.933. The first-order chi connectivity index (χ1) is 10.3. The van der Waals surface area contributed by atoms with Crippen molar-refractivity contribution in [2.45, 2.75) is 39.5 Å². The van der Waals surface area contributed by atoms with Crippen LogP contribution < -0.4 is 0 Å². The Morgan fingerprint density at radius 1 is 1.00 bits per heavy atom. The van der Waals surface area contributed by atoms with Gasteiger partial charge in [-0.1, -0.05) is 27.7 Å². The molecule has 0 bridgehead atoms. The van der Waals surface area contributed by atoms with Crippen LogP contribution in [0.2, 0.25) is 0 Å². The number of likely N-dealkylation sites (N-methyl/N-ethyl adjacent to an activating group) is 1. The molecule has 2 rings (SSSR count). The molecule has 0 aromatic heterocycles. The molecular weight excluding hydrogens is 276 g/mol. The Balaban J connectivity index is 2.36. The number of benzene rings is 1. The minimum absolute atomic E-state index is 0.0805. The van der Waals surface area contributed by atoms with E-state index in [1.54, 1.807) is 0 Å². The van der Waals surface area contributed by atoms with Crippen LogP contribution in [0.15, 0.2) is 12.1 Å². The zero-order chi connectivity index (χ0) is 16.4. The van der Waals surface area contributed by atoms with Crippen molar-refractivity contribution in [1.82, 2.24) is 9.80 Å². The highest BCUT2D eigenvalue weighted by atomic mass is 16.3. The highest BCUT2D eigenvalue weighted by Crippen LogP contribution is 2.35. The van der Waals surface area contributed by atoms with Gasteiger partial charge >= 0.3 is 0 Å². The number of hydrogen-bond donors (Lipinski definition) is 1. The molecule has 0 spiro atoms. The Kier molecular flexibility index (Phi) is 5.12. The fourth-order valence-corrected chi connectivity index (χ4v) is 2.88. The summed E-state index contributed by atoms with van der Waals surface area (Å²) in [5.41, 5.74) is 2.43. The smallest absolute Gasteiger partial charge is 0.253 e. The second-order valence-electron chi connectivity index (χ2n) is 6.91. The number of aromatic hydroxyl groups is 1. The fourth-order valence-electron chi connectivity index (χ4n) is 2.88. The Morgan fingerprint density at radius 3 is 1.86 bits per heavy atom. The third-order valence-electron chi connectivity index (χ3n) is 4.45. The van der Waals surface area contributed by atoms with E-state index >= 15 is 0 Å². The number of phenolic OH excluding ortho intramolecular Hbond substituents is 1. The van der Waals surface area contributed by atoms with Crippen LogP contribution in [0.1, 0.15) is 61.0 Å². The average Bonchev–Trinajstić information content (AvgIpc) is 2.47. The van der Waals surface area contributed by atoms with Gasteiger partial charge in [-0.05, 0) is 42.1 Å². The van der Waals surface area contributed by atoms with Crippen LogP contribution in [0.25, 0.3) is 0 Å². The zero-order valence-corrected chi connectivity index (χ0v) is 14.4. The summed E-state index contributed by atoms with van der Waals surface area (Å²) in [7, 11) is 2.08. The summed E-state index contributed by atoms with van der Waals surface area (Å²) in [6.07, 6.45) is 0. The SMILES string of the molecule is CC(C)c1cc(C(=O)N2CCN(C)CC2)cc(C(C)C)c1O. The number of carbonyl (C=O) groups excluding carboxylic acids is 1. The summed E-state index contributed by atoms with van der Waals surface area (Å²) in [6, 6.07) is 3.74. The van der Waals surface area contributed by atoms with Crippen molar-refractivity contribution in [2.75, 3.05) is 33.2 Å². The fraction of sp³-hybridized carbons (Fsp3) is 0.611. The standard InChI is InChI=1S/C18H28N2O2/c1-12(2)15-10-14(11-16(13(3)4)17(15)21)18(22)20-8-6-19(5)7-9-20/h10-13,21H,6-9H2,1-5H3. The van der Waals surface area contributed by atoms with E-state index in [2.05, 4.69) is 11.9 Å². The second-order valence-corrected chi connectivity index (χ2v) is 6.91. The van der Waals surface area contributed by atoms with E-state index in [0.29, 0.717) is 11.3 Å². The third-order valence-corrected chi connectivity index (χ3v) is 4.45. The van der Waals surface area contributed by atoms with Crippen molar-refractivity contribution >= 4 is 5.91 Å². The van der Waals surface area contributed by atoms with E-state index in [4.69, 9.17) is 0 Å². The molecule has 4 heteroatoms. The molecular formula is C18H28N2O2. The lowest BCUT2D eigenvalue weighted by Crippen LogP contribution is -2.47. The van der Waals surface area contributed by atoms with Crippen molar-refractivity contribution in [2.24, 2.45) is 0 Å². The second kappa shape index (κ2) is 6.69. The molecule has 4 nitrogen and oxygen atoms in total. The van der Waals surface area contributed by atoms with Crippen molar-refractivity contribution < 1.29 is 9.90 Å². The van der Waals surface area contributed by atoms with Gasteiger partial charge in [0, 0.05) is 31.7 Å². The molecule has 22 heavy (non-hydrogen) atoms. The number of piperazine rings is 1. The number of phenols is 1. The van der Waals surface area contributed by atoms with Gasteiger partial charge in [0.1, 0.15) is 5.75 Å². The lowest BCUT2D eigenvalue weighted by atomic mass is 9.91. The topological polar surface area (TPSA) is 43.8 Å². The summed E-state index contributed by atoms with van der Waals surface area (Å²) >= 11 is 0. The maximum Gasteiger partial charge on any atom is 0.253 e. The zero-order valence-electron chi connectivity index (χ0n) is 14.4. The molecule has 1 aliphatic rings. The van der Waals surface area contributed by atoms with E-state index in [9.17, 15) is 9.90 Å². The molecule has 1 aromatic carbocycles. The van der Waals surface area contributed by atoms with E-state index in [1.807, 2.05) is 44.7 Å². The van der Waals surface area contributed by atoms with E-state index < -0.39 is 0 Å². The van der Waals surface area contributed by atoms with Gasteiger partial charge in [-0.2, -0.15) is 0 Å². The van der Waals surface area contributed by atoms with E-state index in [0.717, 1.165) is 37.3 Å². The molecule has 0 aliphatic carbocycles. The lowest BCUT2D eigenvalue weighted by molar-refractivity contribution is 0.0664. The minimum Gasteiger partial charge on any atom is -0.507 e. The van der Waals surface area contributed by atoms with Gasteiger partial charge in [-0.3, -0.25) is 4.79 Å². The van der Waals surface area contributed by atoms with E-state index in [-0.39, 0.29) is 17.7 Å². The first-order valence-electron chi connectivity index (χ1n) is 8.15.